The van der Waals surface area contributed by atoms with Gasteiger partial charge in [0, 0.05) is 19.3 Å². The number of hydrogen-bond donors (Lipinski definition) is 1. The molecule has 0 aliphatic rings. The van der Waals surface area contributed by atoms with E-state index in [-0.39, 0.29) is 5.91 Å². The fourth-order valence-electron chi connectivity index (χ4n) is 2.39. The smallest absolute Gasteiger partial charge is 0.245 e. The summed E-state index contributed by atoms with van der Waals surface area (Å²) in [6.45, 7) is 9.07. The van der Waals surface area contributed by atoms with Crippen LogP contribution in [0.2, 0.25) is 0 Å². The van der Waals surface area contributed by atoms with E-state index in [4.69, 9.17) is 5.73 Å². The van der Waals surface area contributed by atoms with Crippen molar-refractivity contribution in [1.29, 1.82) is 0 Å². The third kappa shape index (κ3) is 2.33. The van der Waals surface area contributed by atoms with E-state index in [9.17, 15) is 4.79 Å². The molecule has 0 aliphatic carbocycles. The van der Waals surface area contributed by atoms with Crippen molar-refractivity contribution in [3.05, 3.63) is 17.8 Å². The summed E-state index contributed by atoms with van der Waals surface area (Å²) in [5.74, 6) is 0.356. The normalized spacial score (nSPS) is 12.6. The molecule has 2 N–H and O–H groups in total. The van der Waals surface area contributed by atoms with Gasteiger partial charge in [-0.3, -0.25) is 9.36 Å². The van der Waals surface area contributed by atoms with Gasteiger partial charge in [0.1, 0.15) is 11.6 Å². The van der Waals surface area contributed by atoms with Crippen LogP contribution in [0.3, 0.4) is 0 Å². The van der Waals surface area contributed by atoms with E-state index in [1.54, 1.807) is 15.7 Å². The summed E-state index contributed by atoms with van der Waals surface area (Å²) in [5, 5.41) is 0. The summed E-state index contributed by atoms with van der Waals surface area (Å²) in [6, 6.07) is 1.51. The Hall–Kier alpha value is -2.11. The molecular formula is C14H21N5O. The van der Waals surface area contributed by atoms with Gasteiger partial charge in [-0.1, -0.05) is 0 Å². The molecule has 0 saturated carbocycles. The van der Waals surface area contributed by atoms with E-state index in [0.717, 1.165) is 11.1 Å². The number of nitrogen functional groups attached to an aromatic ring is 1. The number of aromatic nitrogens is 3. The van der Waals surface area contributed by atoms with Crippen LogP contribution in [0, 0.1) is 6.92 Å². The van der Waals surface area contributed by atoms with E-state index >= 15 is 0 Å². The molecule has 1 unspecified atom stereocenters. The van der Waals surface area contributed by atoms with Crippen LogP contribution >= 0.6 is 0 Å². The van der Waals surface area contributed by atoms with Gasteiger partial charge in [0.05, 0.1) is 0 Å². The number of anilines is 1. The highest BCUT2D eigenvalue weighted by atomic mass is 16.2. The van der Waals surface area contributed by atoms with E-state index < -0.39 is 6.04 Å². The fourth-order valence-corrected chi connectivity index (χ4v) is 2.39. The molecule has 0 aliphatic heterocycles. The quantitative estimate of drug-likeness (QED) is 0.922. The van der Waals surface area contributed by atoms with Gasteiger partial charge in [-0.05, 0) is 39.3 Å². The van der Waals surface area contributed by atoms with Crippen molar-refractivity contribution >= 4 is 23.0 Å². The van der Waals surface area contributed by atoms with E-state index in [1.165, 1.54) is 0 Å². The van der Waals surface area contributed by atoms with Crippen LogP contribution in [0.1, 0.15) is 32.4 Å². The Bertz CT molecular complexity index is 630. The van der Waals surface area contributed by atoms with Gasteiger partial charge < -0.3 is 10.6 Å². The number of aryl methyl sites for hydroxylation is 1. The Morgan fingerprint density at radius 1 is 1.45 bits per heavy atom. The number of nitrogens with two attached hydrogens (primary N) is 1. The Kier molecular flexibility index (Phi) is 3.92. The number of hydrogen-bond acceptors (Lipinski definition) is 4. The lowest BCUT2D eigenvalue weighted by molar-refractivity contribution is -0.133. The van der Waals surface area contributed by atoms with Crippen molar-refractivity contribution in [2.75, 3.05) is 18.8 Å². The van der Waals surface area contributed by atoms with Crippen molar-refractivity contribution in [3.8, 4) is 0 Å². The van der Waals surface area contributed by atoms with Crippen LogP contribution in [-0.4, -0.2) is 38.4 Å². The van der Waals surface area contributed by atoms with Crippen molar-refractivity contribution < 1.29 is 4.79 Å². The van der Waals surface area contributed by atoms with Crippen LogP contribution in [0.5, 0.6) is 0 Å². The summed E-state index contributed by atoms with van der Waals surface area (Å²) in [6.07, 6.45) is 1.76. The van der Waals surface area contributed by atoms with Crippen LogP contribution in [0.25, 0.3) is 11.2 Å². The summed E-state index contributed by atoms with van der Waals surface area (Å²) < 4.78 is 1.70. The third-order valence-electron chi connectivity index (χ3n) is 3.51. The average Bonchev–Trinajstić information content (AvgIpc) is 2.74. The first-order chi connectivity index (χ1) is 9.49. The number of likely N-dealkylation sites (N-methyl/N-ethyl adjacent to an activating group) is 1. The molecule has 2 aromatic heterocycles. The Morgan fingerprint density at radius 2 is 2.10 bits per heavy atom. The van der Waals surface area contributed by atoms with Gasteiger partial charge in [-0.25, -0.2) is 9.97 Å². The lowest BCUT2D eigenvalue weighted by Gasteiger charge is -2.24. The minimum atomic E-state index is -0.407. The molecule has 0 radical (unpaired) electrons. The van der Waals surface area contributed by atoms with E-state index in [1.807, 2.05) is 33.8 Å². The lowest BCUT2D eigenvalue weighted by Crippen LogP contribution is -2.36. The van der Waals surface area contributed by atoms with Gasteiger partial charge in [0.2, 0.25) is 11.9 Å². The second kappa shape index (κ2) is 5.48. The summed E-state index contributed by atoms with van der Waals surface area (Å²) in [7, 11) is 0. The molecule has 6 heteroatoms. The Balaban J connectivity index is 2.46. The molecule has 1 atom stereocenters. The fraction of sp³-hybridized carbons (Fsp3) is 0.500. The molecule has 1 amide bonds. The highest BCUT2D eigenvalue weighted by Crippen LogP contribution is 2.23. The number of carbonyl (C=O) groups excluding carboxylic acids is 1. The van der Waals surface area contributed by atoms with Gasteiger partial charge in [-0.2, -0.15) is 0 Å². The monoisotopic (exact) mass is 275 g/mol. The molecule has 0 bridgehead atoms. The molecule has 0 saturated heterocycles. The molecule has 6 nitrogen and oxygen atoms in total. The molecule has 0 spiro atoms. The van der Waals surface area contributed by atoms with Crippen LogP contribution in [-0.2, 0) is 4.79 Å². The SMILES string of the molecule is CCN(CC)C(=O)C(C)n1c(N)nc2cc(C)cnc21. The average molecular weight is 275 g/mol. The minimum Gasteiger partial charge on any atom is -0.369 e. The number of carbonyl (C=O) groups is 1. The number of rotatable bonds is 4. The number of nitrogens with zero attached hydrogens (tertiary/aromatic N) is 4. The second-order valence-electron chi connectivity index (χ2n) is 4.88. The van der Waals surface area contributed by atoms with Crippen molar-refractivity contribution in [3.63, 3.8) is 0 Å². The topological polar surface area (TPSA) is 77.0 Å². The lowest BCUT2D eigenvalue weighted by atomic mass is 10.2. The maximum absolute atomic E-state index is 12.5. The maximum Gasteiger partial charge on any atom is 0.245 e. The Labute approximate surface area is 118 Å². The first kappa shape index (κ1) is 14.3. The minimum absolute atomic E-state index is 0.0309. The largest absolute Gasteiger partial charge is 0.369 e. The molecular weight excluding hydrogens is 254 g/mol. The number of amides is 1. The zero-order valence-electron chi connectivity index (χ0n) is 12.4. The van der Waals surface area contributed by atoms with Gasteiger partial charge in [0.25, 0.3) is 0 Å². The van der Waals surface area contributed by atoms with Crippen LogP contribution in [0.15, 0.2) is 12.3 Å². The highest BCUT2D eigenvalue weighted by Gasteiger charge is 2.24. The number of fused-ring (bicyclic) bond motifs is 1. The molecule has 0 aromatic carbocycles. The van der Waals surface area contributed by atoms with Crippen LogP contribution < -0.4 is 5.73 Å². The zero-order valence-corrected chi connectivity index (χ0v) is 12.4. The number of pyridine rings is 1. The molecule has 2 rings (SSSR count). The maximum atomic E-state index is 12.5. The van der Waals surface area contributed by atoms with Gasteiger partial charge in [0.15, 0.2) is 5.65 Å². The summed E-state index contributed by atoms with van der Waals surface area (Å²) in [4.78, 5) is 22.9. The molecule has 108 valence electrons. The van der Waals surface area contributed by atoms with Gasteiger partial charge in [-0.15, -0.1) is 0 Å². The predicted molar refractivity (Wildman–Crippen MR) is 79.3 cm³/mol. The van der Waals surface area contributed by atoms with Crippen LogP contribution in [0.4, 0.5) is 5.95 Å². The third-order valence-corrected chi connectivity index (χ3v) is 3.51. The molecule has 2 aromatic rings. The first-order valence-electron chi connectivity index (χ1n) is 6.88. The van der Waals surface area contributed by atoms with Crippen molar-refractivity contribution in [2.24, 2.45) is 0 Å². The summed E-state index contributed by atoms with van der Waals surface area (Å²) >= 11 is 0. The zero-order chi connectivity index (χ0) is 14.9. The molecule has 20 heavy (non-hydrogen) atoms. The predicted octanol–water partition coefficient (Wildman–Crippen LogP) is 1.75. The van der Waals surface area contributed by atoms with Crippen molar-refractivity contribution in [2.45, 2.75) is 33.7 Å². The van der Waals surface area contributed by atoms with E-state index in [0.29, 0.717) is 24.7 Å². The number of imidazole rings is 1. The second-order valence-corrected chi connectivity index (χ2v) is 4.88. The van der Waals surface area contributed by atoms with E-state index in [2.05, 4.69) is 9.97 Å². The molecule has 2 heterocycles. The standard InChI is InChI=1S/C14H21N5O/c1-5-18(6-2)13(20)10(4)19-12-11(17-14(19)15)7-9(3)8-16-12/h7-8,10H,5-6H2,1-4H3,(H2,15,17). The van der Waals surface area contributed by atoms with Crippen molar-refractivity contribution in [1.82, 2.24) is 19.4 Å². The summed E-state index contributed by atoms with van der Waals surface area (Å²) in [5.41, 5.74) is 8.36. The van der Waals surface area contributed by atoms with Gasteiger partial charge >= 0.3 is 0 Å². The Morgan fingerprint density at radius 3 is 2.70 bits per heavy atom. The first-order valence-corrected chi connectivity index (χ1v) is 6.88. The molecule has 0 fully saturated rings. The highest BCUT2D eigenvalue weighted by molar-refractivity contribution is 5.84.